The fraction of sp³-hybridized carbons (Fsp3) is 0.278. The number of anilines is 2. The van der Waals surface area contributed by atoms with Gasteiger partial charge in [-0.3, -0.25) is 4.79 Å². The molecule has 1 N–H and O–H groups in total. The van der Waals surface area contributed by atoms with Crippen molar-refractivity contribution in [3.63, 3.8) is 0 Å². The molecule has 1 aliphatic heterocycles. The zero-order valence-corrected chi connectivity index (χ0v) is 17.0. The van der Waals surface area contributed by atoms with Gasteiger partial charge in [0.25, 0.3) is 0 Å². The van der Waals surface area contributed by atoms with Crippen molar-refractivity contribution in [1.82, 2.24) is 29.0 Å². The summed E-state index contributed by atoms with van der Waals surface area (Å²) in [7, 11) is -3.62. The Kier molecular flexibility index (Phi) is 5.42. The van der Waals surface area contributed by atoms with Gasteiger partial charge in [-0.1, -0.05) is 0 Å². The van der Waals surface area contributed by atoms with Crippen LogP contribution in [0.5, 0.6) is 0 Å². The van der Waals surface area contributed by atoms with Gasteiger partial charge in [-0.2, -0.15) is 9.40 Å². The van der Waals surface area contributed by atoms with Crippen molar-refractivity contribution >= 4 is 27.4 Å². The number of aromatic nitrogens is 5. The van der Waals surface area contributed by atoms with Crippen LogP contribution in [0.3, 0.4) is 0 Å². The Morgan fingerprint density at radius 3 is 2.33 bits per heavy atom. The predicted octanol–water partition coefficient (Wildman–Crippen LogP) is 0.527. The number of nitrogens with one attached hydrogen (secondary N) is 1. The molecule has 0 saturated carbocycles. The van der Waals surface area contributed by atoms with E-state index in [4.69, 9.17) is 0 Å². The summed E-state index contributed by atoms with van der Waals surface area (Å²) in [5, 5.41) is 6.68. The SMILES string of the molecule is CC(=O)Nc1ccc(S(=O)(=O)N2CCN(c3cc(-n4cncn4)ncn3)CC2)cc1. The van der Waals surface area contributed by atoms with Crippen LogP contribution < -0.4 is 10.2 Å². The second kappa shape index (κ2) is 8.16. The topological polar surface area (TPSA) is 126 Å². The Hall–Kier alpha value is -3.38. The second-order valence-corrected chi connectivity index (χ2v) is 8.61. The van der Waals surface area contributed by atoms with Gasteiger partial charge in [0, 0.05) is 44.9 Å². The first-order valence-electron chi connectivity index (χ1n) is 9.23. The molecule has 3 heterocycles. The molecule has 0 radical (unpaired) electrons. The number of nitrogens with zero attached hydrogens (tertiary/aromatic N) is 7. The van der Waals surface area contributed by atoms with Crippen LogP contribution in [-0.2, 0) is 14.8 Å². The van der Waals surface area contributed by atoms with E-state index in [1.54, 1.807) is 24.5 Å². The third kappa shape index (κ3) is 4.14. The molecule has 11 nitrogen and oxygen atoms in total. The first kappa shape index (κ1) is 19.9. The van der Waals surface area contributed by atoms with E-state index in [9.17, 15) is 13.2 Å². The number of sulfonamides is 1. The molecule has 1 aromatic carbocycles. The van der Waals surface area contributed by atoms with Crippen LogP contribution in [0.2, 0.25) is 0 Å². The first-order chi connectivity index (χ1) is 14.4. The van der Waals surface area contributed by atoms with Gasteiger partial charge in [0.05, 0.1) is 4.90 Å². The molecule has 2 aromatic heterocycles. The molecule has 0 bridgehead atoms. The van der Waals surface area contributed by atoms with Crippen LogP contribution in [0.4, 0.5) is 11.5 Å². The van der Waals surface area contributed by atoms with Gasteiger partial charge in [0.2, 0.25) is 15.9 Å². The molecular formula is C18H20N8O3S. The summed E-state index contributed by atoms with van der Waals surface area (Å²) in [5.41, 5.74) is 0.554. The van der Waals surface area contributed by atoms with Crippen molar-refractivity contribution in [1.29, 1.82) is 0 Å². The van der Waals surface area contributed by atoms with Gasteiger partial charge in [0.1, 0.15) is 24.8 Å². The number of piperazine rings is 1. The molecule has 156 valence electrons. The Balaban J connectivity index is 1.44. The van der Waals surface area contributed by atoms with Crippen LogP contribution >= 0.6 is 0 Å². The minimum absolute atomic E-state index is 0.195. The summed E-state index contributed by atoms with van der Waals surface area (Å²) < 4.78 is 28.9. The predicted molar refractivity (Wildman–Crippen MR) is 109 cm³/mol. The molecule has 1 aliphatic rings. The van der Waals surface area contributed by atoms with Crippen LogP contribution in [0, 0.1) is 0 Å². The van der Waals surface area contributed by atoms with E-state index in [1.807, 2.05) is 4.90 Å². The van der Waals surface area contributed by atoms with Crippen molar-refractivity contribution < 1.29 is 13.2 Å². The van der Waals surface area contributed by atoms with Crippen molar-refractivity contribution in [3.8, 4) is 5.82 Å². The van der Waals surface area contributed by atoms with E-state index in [-0.39, 0.29) is 10.8 Å². The maximum atomic E-state index is 12.9. The van der Waals surface area contributed by atoms with E-state index >= 15 is 0 Å². The summed E-state index contributed by atoms with van der Waals surface area (Å²) >= 11 is 0. The molecular weight excluding hydrogens is 408 g/mol. The number of benzene rings is 1. The Bertz CT molecular complexity index is 1120. The van der Waals surface area contributed by atoms with Crippen LogP contribution in [0.15, 0.2) is 54.2 Å². The van der Waals surface area contributed by atoms with Gasteiger partial charge in [-0.05, 0) is 24.3 Å². The smallest absolute Gasteiger partial charge is 0.243 e. The number of carbonyl (C=O) groups excluding carboxylic acids is 1. The molecule has 3 aromatic rings. The third-order valence-electron chi connectivity index (χ3n) is 4.67. The van der Waals surface area contributed by atoms with E-state index in [0.29, 0.717) is 43.5 Å². The van der Waals surface area contributed by atoms with Crippen molar-refractivity contribution in [3.05, 3.63) is 49.3 Å². The fourth-order valence-electron chi connectivity index (χ4n) is 3.18. The van der Waals surface area contributed by atoms with Crippen LogP contribution in [-0.4, -0.2) is 69.5 Å². The number of amides is 1. The highest BCUT2D eigenvalue weighted by molar-refractivity contribution is 7.89. The molecule has 12 heteroatoms. The largest absolute Gasteiger partial charge is 0.354 e. The maximum absolute atomic E-state index is 12.9. The number of hydrogen-bond acceptors (Lipinski definition) is 8. The molecule has 1 amide bonds. The highest BCUT2D eigenvalue weighted by atomic mass is 32.2. The third-order valence-corrected chi connectivity index (χ3v) is 6.58. The standard InChI is InChI=1S/C18H20N8O3S/c1-14(27)23-15-2-4-16(5-3-15)30(28,29)25-8-6-24(7-9-25)17-10-18(21-12-20-17)26-13-19-11-22-26/h2-5,10-13H,6-9H2,1H3,(H,23,27). The van der Waals surface area contributed by atoms with Gasteiger partial charge < -0.3 is 10.2 Å². The van der Waals surface area contributed by atoms with Crippen LogP contribution in [0.25, 0.3) is 5.82 Å². The maximum Gasteiger partial charge on any atom is 0.243 e. The molecule has 0 unspecified atom stereocenters. The average molecular weight is 428 g/mol. The molecule has 1 fully saturated rings. The lowest BCUT2D eigenvalue weighted by Gasteiger charge is -2.34. The normalized spacial score (nSPS) is 15.2. The number of hydrogen-bond donors (Lipinski definition) is 1. The molecule has 0 aliphatic carbocycles. The zero-order valence-electron chi connectivity index (χ0n) is 16.2. The Morgan fingerprint density at radius 1 is 1.00 bits per heavy atom. The minimum atomic E-state index is -3.62. The quantitative estimate of drug-likeness (QED) is 0.624. The minimum Gasteiger partial charge on any atom is -0.354 e. The van der Waals surface area contributed by atoms with Gasteiger partial charge in [-0.25, -0.2) is 28.1 Å². The van der Waals surface area contributed by atoms with Gasteiger partial charge in [-0.15, -0.1) is 0 Å². The van der Waals surface area contributed by atoms with E-state index in [2.05, 4.69) is 25.4 Å². The Morgan fingerprint density at radius 2 is 1.70 bits per heavy atom. The lowest BCUT2D eigenvalue weighted by atomic mass is 10.3. The first-order valence-corrected chi connectivity index (χ1v) is 10.7. The Labute approximate surface area is 173 Å². The highest BCUT2D eigenvalue weighted by Crippen LogP contribution is 2.22. The lowest BCUT2D eigenvalue weighted by Crippen LogP contribution is -2.48. The summed E-state index contributed by atoms with van der Waals surface area (Å²) in [6.45, 7) is 3.06. The second-order valence-electron chi connectivity index (χ2n) is 6.67. The summed E-state index contributed by atoms with van der Waals surface area (Å²) in [6.07, 6.45) is 4.42. The highest BCUT2D eigenvalue weighted by Gasteiger charge is 2.29. The van der Waals surface area contributed by atoms with E-state index in [0.717, 1.165) is 0 Å². The molecule has 0 atom stereocenters. The lowest BCUT2D eigenvalue weighted by molar-refractivity contribution is -0.114. The van der Waals surface area contributed by atoms with Crippen LogP contribution in [0.1, 0.15) is 6.92 Å². The van der Waals surface area contributed by atoms with Gasteiger partial charge in [0.15, 0.2) is 5.82 Å². The van der Waals surface area contributed by atoms with Crippen molar-refractivity contribution in [2.75, 3.05) is 36.4 Å². The fourth-order valence-corrected chi connectivity index (χ4v) is 4.60. The van der Waals surface area contributed by atoms with E-state index < -0.39 is 10.0 Å². The molecule has 0 spiro atoms. The van der Waals surface area contributed by atoms with Crippen molar-refractivity contribution in [2.45, 2.75) is 11.8 Å². The number of rotatable bonds is 5. The average Bonchev–Trinajstić information content (AvgIpc) is 3.29. The van der Waals surface area contributed by atoms with Gasteiger partial charge >= 0.3 is 0 Å². The van der Waals surface area contributed by atoms with Crippen molar-refractivity contribution in [2.24, 2.45) is 0 Å². The number of carbonyl (C=O) groups is 1. The van der Waals surface area contributed by atoms with E-state index in [1.165, 1.54) is 40.7 Å². The molecule has 1 saturated heterocycles. The molecule has 4 rings (SSSR count). The monoisotopic (exact) mass is 428 g/mol. The summed E-state index contributed by atoms with van der Waals surface area (Å²) in [6, 6.07) is 7.96. The zero-order chi connectivity index (χ0) is 21.1. The summed E-state index contributed by atoms with van der Waals surface area (Å²) in [5.74, 6) is 1.08. The summed E-state index contributed by atoms with van der Waals surface area (Å²) in [4.78, 5) is 25.7. The molecule has 30 heavy (non-hydrogen) atoms.